The highest BCUT2D eigenvalue weighted by Crippen LogP contribution is 2.33. The number of fused-ring (bicyclic) bond motifs is 2. The maximum absolute atomic E-state index is 11.6. The summed E-state index contributed by atoms with van der Waals surface area (Å²) in [5.41, 5.74) is 4.16. The molecule has 2 N–H and O–H groups in total. The van der Waals surface area contributed by atoms with E-state index >= 15 is 0 Å². The van der Waals surface area contributed by atoms with Gasteiger partial charge in [-0.15, -0.1) is 0 Å². The molecule has 0 bridgehead atoms. The molecule has 0 aliphatic rings. The highest BCUT2D eigenvalue weighted by atomic mass is 16.1. The van der Waals surface area contributed by atoms with E-state index in [0.717, 1.165) is 34.4 Å². The minimum atomic E-state index is 0.560. The first-order valence-corrected chi connectivity index (χ1v) is 6.95. The lowest BCUT2D eigenvalue weighted by Crippen LogP contribution is -1.89. The van der Waals surface area contributed by atoms with Gasteiger partial charge >= 0.3 is 0 Å². The number of hydrogen-bond donors (Lipinski definition) is 2. The summed E-state index contributed by atoms with van der Waals surface area (Å²) >= 11 is 0. The van der Waals surface area contributed by atoms with Crippen LogP contribution in [-0.4, -0.2) is 22.5 Å². The zero-order chi connectivity index (χ0) is 15.1. The first kappa shape index (κ1) is 12.6. The zero-order valence-corrected chi connectivity index (χ0v) is 11.6. The van der Waals surface area contributed by atoms with Crippen molar-refractivity contribution < 1.29 is 9.59 Å². The lowest BCUT2D eigenvalue weighted by molar-refractivity contribution is 0.111. The number of aromatic amines is 2. The van der Waals surface area contributed by atoms with Crippen molar-refractivity contribution in [2.24, 2.45) is 0 Å². The maximum atomic E-state index is 11.6. The zero-order valence-electron chi connectivity index (χ0n) is 11.6. The van der Waals surface area contributed by atoms with Crippen molar-refractivity contribution in [2.75, 3.05) is 0 Å². The van der Waals surface area contributed by atoms with Crippen LogP contribution in [0.3, 0.4) is 0 Å². The van der Waals surface area contributed by atoms with E-state index < -0.39 is 0 Å². The predicted octanol–water partition coefficient (Wildman–Crippen LogP) is 3.94. The number of carbonyl (C=O) groups is 2. The van der Waals surface area contributed by atoms with Gasteiger partial charge in [0.15, 0.2) is 12.6 Å². The molecule has 2 aromatic carbocycles. The predicted molar refractivity (Wildman–Crippen MR) is 86.4 cm³/mol. The maximum Gasteiger partial charge on any atom is 0.152 e. The Labute approximate surface area is 125 Å². The van der Waals surface area contributed by atoms with Crippen LogP contribution in [0.2, 0.25) is 0 Å². The van der Waals surface area contributed by atoms with Gasteiger partial charge in [0.25, 0.3) is 0 Å². The van der Waals surface area contributed by atoms with Crippen LogP contribution in [0, 0.1) is 0 Å². The second kappa shape index (κ2) is 4.70. The van der Waals surface area contributed by atoms with E-state index in [0.29, 0.717) is 22.5 Å². The third kappa shape index (κ3) is 1.64. The molecule has 2 aromatic heterocycles. The number of nitrogens with one attached hydrogen (secondary N) is 2. The molecule has 22 heavy (non-hydrogen) atoms. The highest BCUT2D eigenvalue weighted by molar-refractivity contribution is 6.09. The molecule has 0 amide bonds. The van der Waals surface area contributed by atoms with E-state index in [2.05, 4.69) is 9.97 Å². The van der Waals surface area contributed by atoms with E-state index in [4.69, 9.17) is 0 Å². The summed E-state index contributed by atoms with van der Waals surface area (Å²) in [6, 6.07) is 15.2. The van der Waals surface area contributed by atoms with Gasteiger partial charge in [-0.25, -0.2) is 0 Å². The summed E-state index contributed by atoms with van der Waals surface area (Å²) in [6.07, 6.45) is 1.66. The molecule has 4 aromatic rings. The molecule has 0 aliphatic heterocycles. The van der Waals surface area contributed by atoms with Gasteiger partial charge in [-0.1, -0.05) is 36.4 Å². The molecule has 0 radical (unpaired) electrons. The van der Waals surface area contributed by atoms with Crippen molar-refractivity contribution in [3.63, 3.8) is 0 Å². The second-order valence-electron chi connectivity index (χ2n) is 5.15. The van der Waals surface area contributed by atoms with Gasteiger partial charge in [0, 0.05) is 32.9 Å². The molecule has 0 saturated carbocycles. The molecule has 0 atom stereocenters. The van der Waals surface area contributed by atoms with Gasteiger partial charge in [0.1, 0.15) is 0 Å². The number of rotatable bonds is 3. The molecule has 0 aliphatic carbocycles. The first-order valence-electron chi connectivity index (χ1n) is 6.95. The van der Waals surface area contributed by atoms with Gasteiger partial charge in [-0.3, -0.25) is 9.59 Å². The van der Waals surface area contributed by atoms with Crippen LogP contribution in [0.4, 0.5) is 0 Å². The lowest BCUT2D eigenvalue weighted by atomic mass is 10.1. The number of hydrogen-bond acceptors (Lipinski definition) is 2. The van der Waals surface area contributed by atoms with Crippen molar-refractivity contribution in [2.45, 2.75) is 0 Å². The van der Waals surface area contributed by atoms with Crippen LogP contribution < -0.4 is 0 Å². The summed E-state index contributed by atoms with van der Waals surface area (Å²) in [5.74, 6) is 0. The molecular formula is C18H12N2O2. The third-order valence-corrected chi connectivity index (χ3v) is 3.98. The van der Waals surface area contributed by atoms with Gasteiger partial charge in [-0.05, 0) is 12.1 Å². The Morgan fingerprint density at radius 2 is 1.05 bits per heavy atom. The van der Waals surface area contributed by atoms with Crippen molar-refractivity contribution in [3.05, 3.63) is 59.7 Å². The van der Waals surface area contributed by atoms with Crippen molar-refractivity contribution in [1.29, 1.82) is 0 Å². The molecule has 2 heterocycles. The van der Waals surface area contributed by atoms with E-state index in [1.54, 1.807) is 0 Å². The molecule has 4 nitrogen and oxygen atoms in total. The summed E-state index contributed by atoms with van der Waals surface area (Å²) in [6.45, 7) is 0. The Hall–Kier alpha value is -3.14. The lowest BCUT2D eigenvalue weighted by Gasteiger charge is -1.98. The normalized spacial score (nSPS) is 11.1. The number of aromatic nitrogens is 2. The highest BCUT2D eigenvalue weighted by Gasteiger charge is 2.18. The molecule has 4 rings (SSSR count). The van der Waals surface area contributed by atoms with Crippen molar-refractivity contribution in [1.82, 2.24) is 9.97 Å². The van der Waals surface area contributed by atoms with Gasteiger partial charge in [-0.2, -0.15) is 0 Å². The summed E-state index contributed by atoms with van der Waals surface area (Å²) in [5, 5.41) is 1.70. The van der Waals surface area contributed by atoms with Crippen LogP contribution in [0.15, 0.2) is 48.5 Å². The number of carbonyl (C=O) groups excluding carboxylic acids is 2. The van der Waals surface area contributed by atoms with Crippen LogP contribution in [0.25, 0.3) is 33.2 Å². The Morgan fingerprint density at radius 1 is 0.636 bits per heavy atom. The fraction of sp³-hybridized carbons (Fsp3) is 0. The average Bonchev–Trinajstić information content (AvgIpc) is 3.12. The first-order chi connectivity index (χ1) is 10.8. The number of aldehydes is 2. The topological polar surface area (TPSA) is 65.7 Å². The van der Waals surface area contributed by atoms with Crippen LogP contribution >= 0.6 is 0 Å². The number of benzene rings is 2. The SMILES string of the molecule is O=Cc1c(-c2[nH]c3ccccc3c2C=O)[nH]c2ccccc12. The van der Waals surface area contributed by atoms with E-state index in [9.17, 15) is 9.59 Å². The summed E-state index contributed by atoms with van der Waals surface area (Å²) in [7, 11) is 0. The van der Waals surface area contributed by atoms with Crippen molar-refractivity contribution in [3.8, 4) is 11.4 Å². The molecule has 0 spiro atoms. The Bertz CT molecular complexity index is 940. The fourth-order valence-corrected chi connectivity index (χ4v) is 2.97. The quantitative estimate of drug-likeness (QED) is 0.561. The Balaban J connectivity index is 2.11. The van der Waals surface area contributed by atoms with E-state index in [-0.39, 0.29) is 0 Å². The van der Waals surface area contributed by atoms with Gasteiger partial charge in [0.2, 0.25) is 0 Å². The Kier molecular flexibility index (Phi) is 2.69. The Morgan fingerprint density at radius 3 is 1.45 bits per heavy atom. The van der Waals surface area contributed by atoms with Gasteiger partial charge < -0.3 is 9.97 Å². The molecule has 0 unspecified atom stereocenters. The summed E-state index contributed by atoms with van der Waals surface area (Å²) in [4.78, 5) is 29.6. The van der Waals surface area contributed by atoms with Crippen molar-refractivity contribution >= 4 is 34.4 Å². The fourth-order valence-electron chi connectivity index (χ4n) is 2.97. The minimum absolute atomic E-state index is 0.560. The smallest absolute Gasteiger partial charge is 0.152 e. The second-order valence-corrected chi connectivity index (χ2v) is 5.15. The monoisotopic (exact) mass is 288 g/mol. The third-order valence-electron chi connectivity index (χ3n) is 3.98. The molecule has 0 fully saturated rings. The molecular weight excluding hydrogens is 276 g/mol. The largest absolute Gasteiger partial charge is 0.353 e. The van der Waals surface area contributed by atoms with Crippen LogP contribution in [0.1, 0.15) is 20.7 Å². The molecule has 4 heteroatoms. The number of para-hydroxylation sites is 2. The van der Waals surface area contributed by atoms with Crippen LogP contribution in [-0.2, 0) is 0 Å². The van der Waals surface area contributed by atoms with Gasteiger partial charge in [0.05, 0.1) is 11.4 Å². The number of H-pyrrole nitrogens is 2. The molecule has 0 saturated heterocycles. The summed E-state index contributed by atoms with van der Waals surface area (Å²) < 4.78 is 0. The minimum Gasteiger partial charge on any atom is -0.353 e. The average molecular weight is 288 g/mol. The molecule has 106 valence electrons. The standard InChI is InChI=1S/C18H12N2O2/c21-9-13-11-5-1-3-7-15(11)19-17(13)18-14(10-22)12-6-2-4-8-16(12)20-18/h1-10,19-20H. The van der Waals surface area contributed by atoms with Crippen LogP contribution in [0.5, 0.6) is 0 Å². The van der Waals surface area contributed by atoms with E-state index in [1.807, 2.05) is 48.5 Å². The van der Waals surface area contributed by atoms with E-state index in [1.165, 1.54) is 0 Å².